The Labute approximate surface area is 137 Å². The molecule has 1 N–H and O–H groups in total. The molecule has 0 saturated carbocycles. The van der Waals surface area contributed by atoms with Gasteiger partial charge in [0.2, 0.25) is 0 Å². The zero-order valence-corrected chi connectivity index (χ0v) is 13.6. The number of halogens is 3. The zero-order valence-electron chi connectivity index (χ0n) is 13.6. The highest BCUT2D eigenvalue weighted by molar-refractivity contribution is 6.07. The predicted molar refractivity (Wildman–Crippen MR) is 83.4 cm³/mol. The Morgan fingerprint density at radius 2 is 1.96 bits per heavy atom. The van der Waals surface area contributed by atoms with Gasteiger partial charge >= 0.3 is 6.18 Å². The Morgan fingerprint density at radius 3 is 2.58 bits per heavy atom. The number of carbonyl (C=O) groups excluding carboxylic acids is 1. The SMILES string of the molecule is CC(C)c1cc2c(cc1C(C)C(F)(F)F)OCC1=NNC(=O)CN12. The number of alkyl halides is 3. The first-order valence-electron chi connectivity index (χ1n) is 7.68. The Morgan fingerprint density at radius 1 is 1.25 bits per heavy atom. The van der Waals surface area contributed by atoms with Crippen LogP contribution in [0, 0.1) is 0 Å². The molecule has 3 rings (SSSR count). The van der Waals surface area contributed by atoms with E-state index in [1.807, 2.05) is 13.8 Å². The summed E-state index contributed by atoms with van der Waals surface area (Å²) in [5, 5.41) is 3.94. The van der Waals surface area contributed by atoms with Gasteiger partial charge in [-0.25, -0.2) is 5.43 Å². The van der Waals surface area contributed by atoms with E-state index in [1.165, 1.54) is 6.07 Å². The van der Waals surface area contributed by atoms with E-state index < -0.39 is 12.1 Å². The molecule has 8 heteroatoms. The Balaban J connectivity index is 2.12. The molecule has 1 atom stereocenters. The summed E-state index contributed by atoms with van der Waals surface area (Å²) in [5.74, 6) is -1.09. The number of rotatable bonds is 2. The molecule has 1 aromatic rings. The van der Waals surface area contributed by atoms with E-state index in [4.69, 9.17) is 4.74 Å². The number of amidine groups is 1. The first-order valence-corrected chi connectivity index (χ1v) is 7.68. The third kappa shape index (κ3) is 2.81. The summed E-state index contributed by atoms with van der Waals surface area (Å²) in [6.45, 7) is 5.01. The monoisotopic (exact) mass is 341 g/mol. The maximum Gasteiger partial charge on any atom is 0.395 e. The van der Waals surface area contributed by atoms with Crippen LogP contribution in [0.2, 0.25) is 0 Å². The van der Waals surface area contributed by atoms with E-state index in [1.54, 1.807) is 11.0 Å². The van der Waals surface area contributed by atoms with Gasteiger partial charge in [-0.15, -0.1) is 0 Å². The van der Waals surface area contributed by atoms with E-state index in [-0.39, 0.29) is 30.5 Å². The molecule has 0 radical (unpaired) electrons. The first kappa shape index (κ1) is 16.6. The number of ether oxygens (including phenoxy) is 1. The number of amides is 1. The van der Waals surface area contributed by atoms with Gasteiger partial charge in [0.25, 0.3) is 5.91 Å². The lowest BCUT2D eigenvalue weighted by atomic mass is 9.88. The highest BCUT2D eigenvalue weighted by Crippen LogP contribution is 2.44. The third-order valence-electron chi connectivity index (χ3n) is 4.31. The van der Waals surface area contributed by atoms with Crippen molar-refractivity contribution in [3.05, 3.63) is 23.3 Å². The Hall–Kier alpha value is -2.25. The molecule has 0 fully saturated rings. The number of nitrogens with one attached hydrogen (secondary N) is 1. The van der Waals surface area contributed by atoms with Crippen molar-refractivity contribution >= 4 is 17.4 Å². The van der Waals surface area contributed by atoms with Gasteiger partial charge in [0.1, 0.15) is 18.9 Å². The lowest BCUT2D eigenvalue weighted by Gasteiger charge is -2.35. The minimum absolute atomic E-state index is 0.0703. The molecule has 1 amide bonds. The molecule has 0 bridgehead atoms. The fourth-order valence-electron chi connectivity index (χ4n) is 2.91. The van der Waals surface area contributed by atoms with Gasteiger partial charge in [-0.1, -0.05) is 13.8 Å². The molecule has 1 aromatic carbocycles. The van der Waals surface area contributed by atoms with Crippen molar-refractivity contribution in [1.82, 2.24) is 5.43 Å². The van der Waals surface area contributed by atoms with Crippen molar-refractivity contribution in [2.24, 2.45) is 5.10 Å². The minimum atomic E-state index is -4.33. The number of carbonyl (C=O) groups is 1. The van der Waals surface area contributed by atoms with E-state index in [0.29, 0.717) is 22.8 Å². The summed E-state index contributed by atoms with van der Waals surface area (Å²) in [4.78, 5) is 13.3. The lowest BCUT2D eigenvalue weighted by molar-refractivity contribution is -0.146. The molecule has 2 aliphatic rings. The normalized spacial score (nSPS) is 18.4. The van der Waals surface area contributed by atoms with Crippen LogP contribution in [0.3, 0.4) is 0 Å². The zero-order chi connectivity index (χ0) is 17.6. The molecule has 5 nitrogen and oxygen atoms in total. The van der Waals surface area contributed by atoms with Gasteiger partial charge in [0, 0.05) is 0 Å². The fraction of sp³-hybridized carbons (Fsp3) is 0.500. The topological polar surface area (TPSA) is 53.9 Å². The fourth-order valence-corrected chi connectivity index (χ4v) is 2.91. The molecule has 2 heterocycles. The Kier molecular flexibility index (Phi) is 3.93. The van der Waals surface area contributed by atoms with Crippen LogP contribution in [0.1, 0.15) is 43.7 Å². The standard InChI is InChI=1S/C16H18F3N3O2/c1-8(2)10-4-12-13(5-11(10)9(3)16(17,18)19)24-7-14-20-21-15(23)6-22(12)14/h4-5,8-9H,6-7H2,1-3H3,(H,21,23). The van der Waals surface area contributed by atoms with Crippen LogP contribution in [0.5, 0.6) is 5.75 Å². The molecule has 0 saturated heterocycles. The maximum atomic E-state index is 13.2. The number of nitrogens with zero attached hydrogens (tertiary/aromatic N) is 2. The highest BCUT2D eigenvalue weighted by Gasteiger charge is 2.40. The molecule has 2 aliphatic heterocycles. The number of hydrogen-bond donors (Lipinski definition) is 1. The van der Waals surface area contributed by atoms with Crippen molar-refractivity contribution in [3.63, 3.8) is 0 Å². The average molecular weight is 341 g/mol. The van der Waals surface area contributed by atoms with Gasteiger partial charge in [-0.3, -0.25) is 4.79 Å². The van der Waals surface area contributed by atoms with Crippen LogP contribution in [0.25, 0.3) is 0 Å². The largest absolute Gasteiger partial charge is 0.483 e. The number of fused-ring (bicyclic) bond motifs is 3. The van der Waals surface area contributed by atoms with Crippen LogP contribution in [-0.4, -0.2) is 31.1 Å². The summed E-state index contributed by atoms with van der Waals surface area (Å²) < 4.78 is 45.2. The molecule has 0 aliphatic carbocycles. The van der Waals surface area contributed by atoms with Crippen molar-refractivity contribution < 1.29 is 22.7 Å². The van der Waals surface area contributed by atoms with Crippen molar-refractivity contribution in [2.45, 2.75) is 38.8 Å². The molecule has 130 valence electrons. The van der Waals surface area contributed by atoms with E-state index >= 15 is 0 Å². The molecule has 24 heavy (non-hydrogen) atoms. The van der Waals surface area contributed by atoms with Crippen LogP contribution in [0.4, 0.5) is 18.9 Å². The second kappa shape index (κ2) is 5.68. The second-order valence-corrected chi connectivity index (χ2v) is 6.30. The average Bonchev–Trinajstić information content (AvgIpc) is 2.51. The molecule has 1 unspecified atom stereocenters. The van der Waals surface area contributed by atoms with Gasteiger partial charge in [0.15, 0.2) is 5.84 Å². The summed E-state index contributed by atoms with van der Waals surface area (Å²) in [6.07, 6.45) is -4.33. The van der Waals surface area contributed by atoms with Crippen LogP contribution in [-0.2, 0) is 4.79 Å². The van der Waals surface area contributed by atoms with Gasteiger partial charge in [-0.05, 0) is 36.1 Å². The summed E-state index contributed by atoms with van der Waals surface area (Å²) in [7, 11) is 0. The molecule has 0 spiro atoms. The van der Waals surface area contributed by atoms with Gasteiger partial charge < -0.3 is 9.64 Å². The first-order chi connectivity index (χ1) is 11.2. The summed E-state index contributed by atoms with van der Waals surface area (Å²) in [5.41, 5.74) is 3.76. The van der Waals surface area contributed by atoms with Gasteiger partial charge in [0.05, 0.1) is 11.6 Å². The molecule has 0 aromatic heterocycles. The molecular formula is C16H18F3N3O2. The van der Waals surface area contributed by atoms with Crippen LogP contribution in [0.15, 0.2) is 17.2 Å². The van der Waals surface area contributed by atoms with Gasteiger partial charge in [-0.2, -0.15) is 18.3 Å². The second-order valence-electron chi connectivity index (χ2n) is 6.30. The predicted octanol–water partition coefficient (Wildman–Crippen LogP) is 3.12. The van der Waals surface area contributed by atoms with Crippen molar-refractivity contribution in [3.8, 4) is 5.75 Å². The van der Waals surface area contributed by atoms with E-state index in [0.717, 1.165) is 6.92 Å². The minimum Gasteiger partial charge on any atom is -0.483 e. The quantitative estimate of drug-likeness (QED) is 0.899. The summed E-state index contributed by atoms with van der Waals surface area (Å²) in [6, 6.07) is 3.14. The smallest absolute Gasteiger partial charge is 0.395 e. The van der Waals surface area contributed by atoms with Crippen molar-refractivity contribution in [2.75, 3.05) is 18.1 Å². The third-order valence-corrected chi connectivity index (χ3v) is 4.31. The van der Waals surface area contributed by atoms with Crippen LogP contribution >= 0.6 is 0 Å². The van der Waals surface area contributed by atoms with Crippen LogP contribution < -0.4 is 15.1 Å². The highest BCUT2D eigenvalue weighted by atomic mass is 19.4. The van der Waals surface area contributed by atoms with Crippen molar-refractivity contribution in [1.29, 1.82) is 0 Å². The maximum absolute atomic E-state index is 13.2. The number of hydrazone groups is 1. The van der Waals surface area contributed by atoms with E-state index in [2.05, 4.69) is 10.5 Å². The number of anilines is 1. The van der Waals surface area contributed by atoms with E-state index in [9.17, 15) is 18.0 Å². The Bertz CT molecular complexity index is 713. The molecular weight excluding hydrogens is 323 g/mol. The number of benzene rings is 1. The lowest BCUT2D eigenvalue weighted by Crippen LogP contribution is -2.49. The number of hydrogen-bond acceptors (Lipinski definition) is 4. The summed E-state index contributed by atoms with van der Waals surface area (Å²) >= 11 is 0.